The van der Waals surface area contributed by atoms with Crippen LogP contribution in [0.25, 0.3) is 0 Å². The van der Waals surface area contributed by atoms with E-state index in [1.54, 1.807) is 12.1 Å². The van der Waals surface area contributed by atoms with Crippen molar-refractivity contribution >= 4 is 49.2 Å². The Labute approximate surface area is 152 Å². The summed E-state index contributed by atoms with van der Waals surface area (Å²) in [7, 11) is -2.93. The van der Waals surface area contributed by atoms with Crippen molar-refractivity contribution in [2.24, 2.45) is 0 Å². The third kappa shape index (κ3) is 4.06. The van der Waals surface area contributed by atoms with Gasteiger partial charge in [0, 0.05) is 4.47 Å². The lowest BCUT2D eigenvalue weighted by Crippen LogP contribution is -2.36. The van der Waals surface area contributed by atoms with E-state index in [9.17, 15) is 17.6 Å². The summed E-state index contributed by atoms with van der Waals surface area (Å²) in [5, 5.41) is -0.256. The predicted molar refractivity (Wildman–Crippen MR) is 92.1 cm³/mol. The fourth-order valence-electron chi connectivity index (χ4n) is 1.87. The first kappa shape index (κ1) is 18.7. The second-order valence-electron chi connectivity index (χ2n) is 4.64. The van der Waals surface area contributed by atoms with Crippen molar-refractivity contribution in [1.82, 2.24) is 0 Å². The molecule has 128 valence electrons. The lowest BCUT2D eigenvalue weighted by molar-refractivity contribution is -0.138. The number of rotatable bonds is 5. The van der Waals surface area contributed by atoms with Gasteiger partial charge < -0.3 is 4.74 Å². The Hall–Kier alpha value is -1.64. The molecule has 0 aliphatic rings. The molecule has 0 heterocycles. The average Bonchev–Trinajstić information content (AvgIpc) is 2.55. The number of sulfonamides is 1. The van der Waals surface area contributed by atoms with E-state index in [1.165, 1.54) is 18.2 Å². The van der Waals surface area contributed by atoms with Crippen molar-refractivity contribution in [3.8, 4) is 0 Å². The standard InChI is InChI=1S/C15H12BrClFNO4S/c1-23-15(20)9-19(11-4-7-14(18)13(17)8-11)24(21,22)12-5-2-10(16)3-6-12/h2-8H,9H2,1H3. The third-order valence-corrected chi connectivity index (χ3v) is 5.70. The highest BCUT2D eigenvalue weighted by atomic mass is 79.9. The zero-order valence-corrected chi connectivity index (χ0v) is 15.5. The Kier molecular flexibility index (Phi) is 5.84. The Balaban J connectivity index is 2.54. The van der Waals surface area contributed by atoms with Gasteiger partial charge in [0.1, 0.15) is 12.4 Å². The van der Waals surface area contributed by atoms with E-state index in [1.807, 2.05) is 0 Å². The van der Waals surface area contributed by atoms with E-state index < -0.39 is 28.4 Å². The summed E-state index contributed by atoms with van der Waals surface area (Å²) < 4.78 is 45.1. The Morgan fingerprint density at radius 2 is 1.88 bits per heavy atom. The van der Waals surface area contributed by atoms with E-state index in [2.05, 4.69) is 20.7 Å². The predicted octanol–water partition coefficient (Wildman–Crippen LogP) is 3.61. The average molecular weight is 437 g/mol. The number of carbonyl (C=O) groups excluding carboxylic acids is 1. The number of halogens is 3. The van der Waals surface area contributed by atoms with Crippen LogP contribution < -0.4 is 4.31 Å². The monoisotopic (exact) mass is 435 g/mol. The van der Waals surface area contributed by atoms with Gasteiger partial charge in [-0.1, -0.05) is 27.5 Å². The summed E-state index contributed by atoms with van der Waals surface area (Å²) in [6.45, 7) is -0.573. The fraction of sp³-hybridized carbons (Fsp3) is 0.133. The van der Waals surface area contributed by atoms with Gasteiger partial charge in [-0.05, 0) is 42.5 Å². The highest BCUT2D eigenvalue weighted by Crippen LogP contribution is 2.28. The van der Waals surface area contributed by atoms with E-state index in [4.69, 9.17) is 11.6 Å². The molecule has 0 fully saturated rings. The molecule has 0 aromatic heterocycles. The number of hydrogen-bond donors (Lipinski definition) is 0. The molecular formula is C15H12BrClFNO4S. The number of anilines is 1. The van der Waals surface area contributed by atoms with Crippen molar-refractivity contribution in [3.05, 3.63) is 57.8 Å². The van der Waals surface area contributed by atoms with Crippen LogP contribution in [0.5, 0.6) is 0 Å². The van der Waals surface area contributed by atoms with Crippen molar-refractivity contribution < 1.29 is 22.3 Å². The van der Waals surface area contributed by atoms with Crippen LogP contribution in [-0.2, 0) is 19.6 Å². The Bertz CT molecular complexity index is 858. The number of carbonyl (C=O) groups is 1. The smallest absolute Gasteiger partial charge is 0.326 e. The summed E-state index contributed by atoms with van der Waals surface area (Å²) in [6.07, 6.45) is 0. The summed E-state index contributed by atoms with van der Waals surface area (Å²) >= 11 is 8.95. The molecule has 0 N–H and O–H groups in total. The Morgan fingerprint density at radius 1 is 1.25 bits per heavy atom. The largest absolute Gasteiger partial charge is 0.468 e. The van der Waals surface area contributed by atoms with Crippen molar-refractivity contribution in [1.29, 1.82) is 0 Å². The van der Waals surface area contributed by atoms with Crippen LogP contribution in [-0.4, -0.2) is 28.0 Å². The maximum absolute atomic E-state index is 13.4. The number of esters is 1. The molecule has 0 amide bonds. The molecule has 0 bridgehead atoms. The van der Waals surface area contributed by atoms with Crippen LogP contribution in [0.3, 0.4) is 0 Å². The lowest BCUT2D eigenvalue weighted by Gasteiger charge is -2.23. The molecule has 2 aromatic carbocycles. The van der Waals surface area contributed by atoms with Crippen LogP contribution in [0.1, 0.15) is 0 Å². The van der Waals surface area contributed by atoms with Crippen LogP contribution >= 0.6 is 27.5 Å². The molecule has 9 heteroatoms. The second-order valence-corrected chi connectivity index (χ2v) is 7.83. The van der Waals surface area contributed by atoms with E-state index in [0.717, 1.165) is 23.5 Å². The summed E-state index contributed by atoms with van der Waals surface area (Å²) in [5.74, 6) is -1.46. The quantitative estimate of drug-likeness (QED) is 0.672. The van der Waals surface area contributed by atoms with Gasteiger partial charge in [0.15, 0.2) is 0 Å². The minimum Gasteiger partial charge on any atom is -0.468 e. The molecule has 2 rings (SSSR count). The van der Waals surface area contributed by atoms with E-state index in [-0.39, 0.29) is 15.6 Å². The minimum atomic E-state index is -4.08. The zero-order chi connectivity index (χ0) is 17.9. The van der Waals surface area contributed by atoms with Gasteiger partial charge in [-0.15, -0.1) is 0 Å². The molecule has 0 saturated carbocycles. The summed E-state index contributed by atoms with van der Waals surface area (Å²) in [6, 6.07) is 9.27. The van der Waals surface area contributed by atoms with Gasteiger partial charge in [-0.3, -0.25) is 9.10 Å². The normalized spacial score (nSPS) is 11.2. The molecular weight excluding hydrogens is 425 g/mol. The highest BCUT2D eigenvalue weighted by Gasteiger charge is 2.28. The van der Waals surface area contributed by atoms with Gasteiger partial charge in [-0.25, -0.2) is 12.8 Å². The zero-order valence-electron chi connectivity index (χ0n) is 12.4. The van der Waals surface area contributed by atoms with Crippen molar-refractivity contribution in [2.45, 2.75) is 4.90 Å². The minimum absolute atomic E-state index is 0.0324. The molecule has 0 unspecified atom stereocenters. The van der Waals surface area contributed by atoms with Gasteiger partial charge >= 0.3 is 5.97 Å². The first-order valence-electron chi connectivity index (χ1n) is 6.56. The molecule has 2 aromatic rings. The number of methoxy groups -OCH3 is 1. The SMILES string of the molecule is COC(=O)CN(c1ccc(F)c(Cl)c1)S(=O)(=O)c1ccc(Br)cc1. The van der Waals surface area contributed by atoms with Gasteiger partial charge in [0.25, 0.3) is 10.0 Å². The first-order valence-corrected chi connectivity index (χ1v) is 9.17. The molecule has 5 nitrogen and oxygen atoms in total. The molecule has 0 aliphatic carbocycles. The van der Waals surface area contributed by atoms with Gasteiger partial charge in [0.2, 0.25) is 0 Å². The number of ether oxygens (including phenoxy) is 1. The summed E-state index contributed by atoms with van der Waals surface area (Å²) in [5.41, 5.74) is 0.0507. The number of nitrogens with zero attached hydrogens (tertiary/aromatic N) is 1. The summed E-state index contributed by atoms with van der Waals surface area (Å²) in [4.78, 5) is 11.6. The topological polar surface area (TPSA) is 63.7 Å². The molecule has 0 radical (unpaired) electrons. The third-order valence-electron chi connectivity index (χ3n) is 3.09. The molecule has 0 aliphatic heterocycles. The van der Waals surface area contributed by atoms with Gasteiger partial charge in [0.05, 0.1) is 22.7 Å². The first-order chi connectivity index (χ1) is 11.3. The second kappa shape index (κ2) is 7.50. The maximum atomic E-state index is 13.4. The Morgan fingerprint density at radius 3 is 2.42 bits per heavy atom. The molecule has 24 heavy (non-hydrogen) atoms. The lowest BCUT2D eigenvalue weighted by atomic mass is 10.3. The van der Waals surface area contributed by atoms with Crippen LogP contribution in [0, 0.1) is 5.82 Å². The van der Waals surface area contributed by atoms with Crippen molar-refractivity contribution in [3.63, 3.8) is 0 Å². The van der Waals surface area contributed by atoms with Crippen LogP contribution in [0.2, 0.25) is 5.02 Å². The molecule has 0 spiro atoms. The number of hydrogen-bond acceptors (Lipinski definition) is 4. The number of benzene rings is 2. The highest BCUT2D eigenvalue weighted by molar-refractivity contribution is 9.10. The van der Waals surface area contributed by atoms with Gasteiger partial charge in [-0.2, -0.15) is 0 Å². The maximum Gasteiger partial charge on any atom is 0.326 e. The van der Waals surface area contributed by atoms with E-state index >= 15 is 0 Å². The van der Waals surface area contributed by atoms with Crippen LogP contribution in [0.4, 0.5) is 10.1 Å². The fourth-order valence-corrected chi connectivity index (χ4v) is 3.71. The van der Waals surface area contributed by atoms with Crippen LogP contribution in [0.15, 0.2) is 51.8 Å². The van der Waals surface area contributed by atoms with E-state index in [0.29, 0.717) is 4.47 Å². The van der Waals surface area contributed by atoms with Crippen molar-refractivity contribution in [2.75, 3.05) is 18.0 Å². The molecule has 0 saturated heterocycles. The molecule has 0 atom stereocenters.